The van der Waals surface area contributed by atoms with Crippen molar-refractivity contribution in [3.63, 3.8) is 0 Å². The van der Waals surface area contributed by atoms with Gasteiger partial charge in [0.25, 0.3) is 0 Å². The fraction of sp³-hybridized carbons (Fsp3) is 0.200. The van der Waals surface area contributed by atoms with E-state index >= 15 is 0 Å². The number of hydrogen-bond donors (Lipinski definition) is 2. The van der Waals surface area contributed by atoms with Crippen LogP contribution in [0.2, 0.25) is 0 Å². The Hall–Kier alpha value is -1.67. The highest BCUT2D eigenvalue weighted by Crippen LogP contribution is 2.33. The van der Waals surface area contributed by atoms with E-state index in [1.807, 2.05) is 0 Å². The lowest BCUT2D eigenvalue weighted by Gasteiger charge is -1.92. The van der Waals surface area contributed by atoms with Crippen molar-refractivity contribution >= 4 is 33.1 Å². The van der Waals surface area contributed by atoms with Crippen molar-refractivity contribution in [3.05, 3.63) is 17.8 Å². The molecule has 0 bridgehead atoms. The number of thiazole rings is 1. The Morgan fingerprint density at radius 1 is 1.44 bits per heavy atom. The summed E-state index contributed by atoms with van der Waals surface area (Å²) in [7, 11) is -2.73. The molecule has 0 saturated carbocycles. The fourth-order valence-electron chi connectivity index (χ4n) is 1.38. The molecule has 2 aromatic rings. The van der Waals surface area contributed by atoms with Gasteiger partial charge in [-0.2, -0.15) is 0 Å². The van der Waals surface area contributed by atoms with Crippen LogP contribution in [0.5, 0.6) is 0 Å². The average molecular weight is 286 g/mol. The van der Waals surface area contributed by atoms with Crippen molar-refractivity contribution in [1.29, 1.82) is 0 Å². The normalized spacial score (nSPS) is 10.8. The number of nitrogens with one attached hydrogen (secondary N) is 1. The molecule has 0 spiro atoms. The maximum atomic E-state index is 10.9. The van der Waals surface area contributed by atoms with Gasteiger partial charge >= 0.3 is 0 Å². The molecule has 0 aromatic carbocycles. The first-order chi connectivity index (χ1) is 8.47. The second-order valence-electron chi connectivity index (χ2n) is 3.51. The number of amides is 1. The van der Waals surface area contributed by atoms with Gasteiger partial charge in [0.05, 0.1) is 10.6 Å². The summed E-state index contributed by atoms with van der Waals surface area (Å²) in [4.78, 5) is 15.8. The lowest BCUT2D eigenvalue weighted by atomic mass is 10.3. The quantitative estimate of drug-likeness (QED) is 0.837. The van der Waals surface area contributed by atoms with Crippen LogP contribution in [0.25, 0.3) is 10.6 Å². The summed E-state index contributed by atoms with van der Waals surface area (Å²) in [5, 5.41) is 2.94. The molecule has 2 aromatic heterocycles. The van der Waals surface area contributed by atoms with Crippen LogP contribution in [0.15, 0.2) is 21.6 Å². The predicted molar refractivity (Wildman–Crippen MR) is 67.4 cm³/mol. The van der Waals surface area contributed by atoms with Crippen molar-refractivity contribution in [3.8, 4) is 10.6 Å². The summed E-state index contributed by atoms with van der Waals surface area (Å²) < 4.78 is 26.7. The van der Waals surface area contributed by atoms with Gasteiger partial charge in [0.15, 0.2) is 5.13 Å². The average Bonchev–Trinajstić information content (AvgIpc) is 2.83. The van der Waals surface area contributed by atoms with Crippen LogP contribution in [-0.4, -0.2) is 19.3 Å². The molecule has 0 radical (unpaired) electrons. The number of nitrogens with zero attached hydrogens (tertiary/aromatic N) is 1. The third-order valence-electron chi connectivity index (χ3n) is 2.08. The molecule has 18 heavy (non-hydrogen) atoms. The zero-order valence-corrected chi connectivity index (χ0v) is 11.3. The highest BCUT2D eigenvalue weighted by Gasteiger charge is 2.14. The summed E-state index contributed by atoms with van der Waals surface area (Å²) in [6, 6.07) is 2.96. The third kappa shape index (κ3) is 2.59. The smallest absolute Gasteiger partial charge is 0.223 e. The molecule has 2 heterocycles. The Bertz CT molecular complexity index is 661. The number of anilines is 1. The maximum absolute atomic E-state index is 10.9. The standard InChI is InChI=1S/C10H10N2O4S2/c1-5-9(17-10(11-5)12-6(2)13)7-3-4-8(16-7)18(14)15/h3-4,18H,1-2H3,(H,11,12,13). The van der Waals surface area contributed by atoms with Gasteiger partial charge in [-0.15, -0.1) is 0 Å². The van der Waals surface area contributed by atoms with E-state index in [9.17, 15) is 13.2 Å². The summed E-state index contributed by atoms with van der Waals surface area (Å²) >= 11 is 1.23. The van der Waals surface area contributed by atoms with Gasteiger partial charge in [-0.1, -0.05) is 11.3 Å². The molecular formula is C10H10N2O4S2. The second kappa shape index (κ2) is 4.91. The van der Waals surface area contributed by atoms with Crippen LogP contribution in [0.4, 0.5) is 5.13 Å². The number of hydrogen-bond acceptors (Lipinski definition) is 6. The third-order valence-corrected chi connectivity index (χ3v) is 3.76. The molecule has 0 aliphatic heterocycles. The molecule has 0 aliphatic carbocycles. The molecule has 0 fully saturated rings. The Kier molecular flexibility index (Phi) is 3.48. The molecule has 8 heteroatoms. The first-order valence-corrected chi connectivity index (χ1v) is 6.96. The summed E-state index contributed by atoms with van der Waals surface area (Å²) in [5.74, 6) is 0.217. The Morgan fingerprint density at radius 3 is 2.72 bits per heavy atom. The van der Waals surface area contributed by atoms with Gasteiger partial charge in [-0.3, -0.25) is 4.79 Å². The van der Waals surface area contributed by atoms with Gasteiger partial charge in [0, 0.05) is 6.92 Å². The van der Waals surface area contributed by atoms with Crippen molar-refractivity contribution in [2.24, 2.45) is 0 Å². The molecule has 6 nitrogen and oxygen atoms in total. The molecule has 96 valence electrons. The molecular weight excluding hydrogens is 276 g/mol. The van der Waals surface area contributed by atoms with E-state index in [2.05, 4.69) is 10.3 Å². The minimum Gasteiger partial charge on any atom is -0.444 e. The molecule has 0 atom stereocenters. The van der Waals surface area contributed by atoms with E-state index in [1.165, 1.54) is 24.3 Å². The van der Waals surface area contributed by atoms with Crippen molar-refractivity contribution in [1.82, 2.24) is 4.98 Å². The van der Waals surface area contributed by atoms with Crippen LogP contribution in [0.1, 0.15) is 12.6 Å². The summed E-state index contributed by atoms with van der Waals surface area (Å²) in [6.45, 7) is 3.15. The Balaban J connectivity index is 2.37. The SMILES string of the molecule is CC(=O)Nc1nc(C)c(-c2ccc([SH](=O)=O)o2)s1. The number of furan rings is 1. The first kappa shape index (κ1) is 12.8. The van der Waals surface area contributed by atoms with Crippen molar-refractivity contribution in [2.45, 2.75) is 18.9 Å². The zero-order chi connectivity index (χ0) is 13.3. The number of aryl methyl sites for hydroxylation is 1. The minimum absolute atomic E-state index is 0.0890. The number of carbonyl (C=O) groups is 1. The maximum Gasteiger partial charge on any atom is 0.223 e. The molecule has 0 aliphatic rings. The summed E-state index contributed by atoms with van der Waals surface area (Å²) in [5.41, 5.74) is 0.672. The number of aromatic nitrogens is 1. The van der Waals surface area contributed by atoms with Gasteiger partial charge in [0.2, 0.25) is 21.7 Å². The summed E-state index contributed by atoms with van der Waals surface area (Å²) in [6.07, 6.45) is 0. The fourth-order valence-corrected chi connectivity index (χ4v) is 2.72. The van der Waals surface area contributed by atoms with Crippen LogP contribution >= 0.6 is 11.3 Å². The van der Waals surface area contributed by atoms with Crippen LogP contribution in [-0.2, 0) is 15.5 Å². The monoisotopic (exact) mass is 286 g/mol. The highest BCUT2D eigenvalue weighted by atomic mass is 32.2. The Morgan fingerprint density at radius 2 is 2.17 bits per heavy atom. The van der Waals surface area contributed by atoms with E-state index in [0.717, 1.165) is 0 Å². The van der Waals surface area contributed by atoms with E-state index in [4.69, 9.17) is 4.42 Å². The number of carbonyl (C=O) groups excluding carboxylic acids is 1. The van der Waals surface area contributed by atoms with Crippen LogP contribution in [0, 0.1) is 6.92 Å². The predicted octanol–water partition coefficient (Wildman–Crippen LogP) is 1.64. The lowest BCUT2D eigenvalue weighted by molar-refractivity contribution is -0.114. The van der Waals surface area contributed by atoms with Crippen LogP contribution < -0.4 is 5.32 Å². The molecule has 1 N–H and O–H groups in total. The topological polar surface area (TPSA) is 89.3 Å². The highest BCUT2D eigenvalue weighted by molar-refractivity contribution is 7.72. The molecule has 0 unspecified atom stereocenters. The van der Waals surface area contributed by atoms with Crippen molar-refractivity contribution in [2.75, 3.05) is 5.32 Å². The van der Waals surface area contributed by atoms with Crippen LogP contribution in [0.3, 0.4) is 0 Å². The minimum atomic E-state index is -2.73. The largest absolute Gasteiger partial charge is 0.444 e. The number of rotatable bonds is 3. The van der Waals surface area contributed by atoms with E-state index in [-0.39, 0.29) is 11.0 Å². The van der Waals surface area contributed by atoms with Gasteiger partial charge in [-0.25, -0.2) is 13.4 Å². The van der Waals surface area contributed by atoms with E-state index in [0.29, 0.717) is 21.5 Å². The van der Waals surface area contributed by atoms with E-state index in [1.54, 1.807) is 13.0 Å². The first-order valence-electron chi connectivity index (χ1n) is 4.97. The zero-order valence-electron chi connectivity index (χ0n) is 9.59. The van der Waals surface area contributed by atoms with Gasteiger partial charge in [-0.05, 0) is 19.1 Å². The molecule has 2 rings (SSSR count). The molecule has 1 amide bonds. The molecule has 0 saturated heterocycles. The van der Waals surface area contributed by atoms with E-state index < -0.39 is 10.7 Å². The van der Waals surface area contributed by atoms with Gasteiger partial charge < -0.3 is 9.73 Å². The van der Waals surface area contributed by atoms with Crippen molar-refractivity contribution < 1.29 is 17.6 Å². The van der Waals surface area contributed by atoms with Gasteiger partial charge in [0.1, 0.15) is 5.76 Å². The number of thiol groups is 1. The second-order valence-corrected chi connectivity index (χ2v) is 5.46. The lowest BCUT2D eigenvalue weighted by Crippen LogP contribution is -2.04. The Labute approximate surface area is 109 Å².